The Labute approximate surface area is 154 Å². The Bertz CT molecular complexity index is 435. The second-order valence-corrected chi connectivity index (χ2v) is 9.15. The highest BCUT2D eigenvalue weighted by Crippen LogP contribution is 2.21. The largest absolute Gasteiger partial charge is 0.500 e. The SMILES string of the molecule is CCCO[Si](CCCCCc1cccc(F)c1)(OCCC)OCCC. The monoisotopic (exact) mass is 370 g/mol. The molecule has 1 rings (SSSR count). The summed E-state index contributed by atoms with van der Waals surface area (Å²) in [5, 5.41) is 0. The van der Waals surface area contributed by atoms with Gasteiger partial charge >= 0.3 is 8.80 Å². The minimum atomic E-state index is -2.56. The van der Waals surface area contributed by atoms with Crippen LogP contribution in [0.15, 0.2) is 24.3 Å². The van der Waals surface area contributed by atoms with Crippen LogP contribution in [0.4, 0.5) is 4.39 Å². The third kappa shape index (κ3) is 9.49. The van der Waals surface area contributed by atoms with E-state index in [4.69, 9.17) is 13.3 Å². The molecule has 0 aliphatic carbocycles. The van der Waals surface area contributed by atoms with Crippen LogP contribution in [0.3, 0.4) is 0 Å². The first-order valence-corrected chi connectivity index (χ1v) is 11.7. The van der Waals surface area contributed by atoms with Gasteiger partial charge in [0.2, 0.25) is 0 Å². The van der Waals surface area contributed by atoms with Crippen LogP contribution in [0.2, 0.25) is 6.04 Å². The lowest BCUT2D eigenvalue weighted by Crippen LogP contribution is -2.46. The summed E-state index contributed by atoms with van der Waals surface area (Å²) in [6.45, 7) is 8.42. The predicted molar refractivity (Wildman–Crippen MR) is 103 cm³/mol. The Morgan fingerprint density at radius 3 is 1.96 bits per heavy atom. The molecular formula is C20H35FO3Si. The lowest BCUT2D eigenvalue weighted by molar-refractivity contribution is 0.0586. The molecule has 0 atom stereocenters. The average Bonchev–Trinajstić information content (AvgIpc) is 2.62. The third-order valence-corrected chi connectivity index (χ3v) is 6.81. The van der Waals surface area contributed by atoms with Crippen LogP contribution < -0.4 is 0 Å². The van der Waals surface area contributed by atoms with Crippen LogP contribution in [-0.2, 0) is 19.7 Å². The first-order valence-electron chi connectivity index (χ1n) is 9.82. The molecule has 144 valence electrons. The second-order valence-electron chi connectivity index (χ2n) is 6.42. The Balaban J connectivity index is 2.45. The van der Waals surface area contributed by atoms with Crippen molar-refractivity contribution in [1.29, 1.82) is 0 Å². The Hall–Kier alpha value is -0.753. The van der Waals surface area contributed by atoms with Crippen molar-refractivity contribution in [2.24, 2.45) is 0 Å². The lowest BCUT2D eigenvalue weighted by atomic mass is 10.1. The standard InChI is InChI=1S/C20H35FO3Si/c1-4-14-22-25(23-15-5-2,24-16-6-3)17-9-7-8-11-19-12-10-13-20(21)18-19/h10,12-13,18H,4-9,11,14-17H2,1-3H3. The van der Waals surface area contributed by atoms with Gasteiger partial charge in [0.1, 0.15) is 5.82 Å². The minimum absolute atomic E-state index is 0.155. The minimum Gasteiger partial charge on any atom is -0.373 e. The Morgan fingerprint density at radius 1 is 0.840 bits per heavy atom. The number of halogens is 1. The second kappa shape index (κ2) is 13.5. The van der Waals surface area contributed by atoms with Crippen LogP contribution >= 0.6 is 0 Å². The van der Waals surface area contributed by atoms with Crippen molar-refractivity contribution in [3.63, 3.8) is 0 Å². The van der Waals surface area contributed by atoms with Gasteiger partial charge in [-0.05, 0) is 56.2 Å². The van der Waals surface area contributed by atoms with Gasteiger partial charge in [-0.2, -0.15) is 0 Å². The Kier molecular flexibility index (Phi) is 12.0. The maximum Gasteiger partial charge on any atom is 0.500 e. The molecule has 0 unspecified atom stereocenters. The summed E-state index contributed by atoms with van der Waals surface area (Å²) in [6, 6.07) is 7.75. The van der Waals surface area contributed by atoms with Gasteiger partial charge in [0.25, 0.3) is 0 Å². The molecule has 0 aromatic heterocycles. The molecule has 1 aromatic carbocycles. The molecule has 0 aliphatic rings. The van der Waals surface area contributed by atoms with E-state index in [1.54, 1.807) is 12.1 Å². The van der Waals surface area contributed by atoms with E-state index in [9.17, 15) is 4.39 Å². The summed E-state index contributed by atoms with van der Waals surface area (Å²) >= 11 is 0. The van der Waals surface area contributed by atoms with Crippen molar-refractivity contribution in [3.8, 4) is 0 Å². The van der Waals surface area contributed by atoms with E-state index >= 15 is 0 Å². The first-order chi connectivity index (χ1) is 12.2. The molecule has 0 aliphatic heterocycles. The smallest absolute Gasteiger partial charge is 0.373 e. The molecule has 0 heterocycles. The summed E-state index contributed by atoms with van der Waals surface area (Å²) < 4.78 is 31.5. The Morgan fingerprint density at radius 2 is 1.44 bits per heavy atom. The van der Waals surface area contributed by atoms with E-state index in [-0.39, 0.29) is 5.82 Å². The van der Waals surface area contributed by atoms with E-state index in [0.717, 1.165) is 56.6 Å². The number of rotatable bonds is 15. The van der Waals surface area contributed by atoms with E-state index in [0.29, 0.717) is 19.8 Å². The van der Waals surface area contributed by atoms with Crippen LogP contribution in [0.1, 0.15) is 64.9 Å². The number of unbranched alkanes of at least 4 members (excludes halogenated alkanes) is 2. The van der Waals surface area contributed by atoms with Crippen molar-refractivity contribution in [2.45, 2.75) is 71.8 Å². The normalized spacial score (nSPS) is 11.8. The molecule has 0 amide bonds. The number of hydrogen-bond acceptors (Lipinski definition) is 3. The number of benzene rings is 1. The van der Waals surface area contributed by atoms with E-state index in [1.165, 1.54) is 6.07 Å². The van der Waals surface area contributed by atoms with Gasteiger partial charge in [-0.3, -0.25) is 0 Å². The molecule has 3 nitrogen and oxygen atoms in total. The highest BCUT2D eigenvalue weighted by atomic mass is 28.4. The van der Waals surface area contributed by atoms with Crippen LogP contribution in [0, 0.1) is 5.82 Å². The molecule has 0 saturated heterocycles. The molecule has 0 spiro atoms. The fourth-order valence-corrected chi connectivity index (χ4v) is 5.57. The summed E-state index contributed by atoms with van der Waals surface area (Å²) in [4.78, 5) is 0. The zero-order chi connectivity index (χ0) is 18.4. The molecule has 5 heteroatoms. The fourth-order valence-electron chi connectivity index (χ4n) is 2.65. The predicted octanol–water partition coefficient (Wildman–Crippen LogP) is 5.76. The third-order valence-electron chi connectivity index (χ3n) is 3.92. The number of aryl methyl sites for hydroxylation is 1. The molecule has 1 aromatic rings. The molecule has 0 bridgehead atoms. The summed E-state index contributed by atoms with van der Waals surface area (Å²) in [5.74, 6) is -0.155. The first kappa shape index (κ1) is 22.3. The van der Waals surface area contributed by atoms with Crippen LogP contribution in [-0.4, -0.2) is 28.6 Å². The highest BCUT2D eigenvalue weighted by Gasteiger charge is 2.40. The maximum absolute atomic E-state index is 13.2. The van der Waals surface area contributed by atoms with Crippen LogP contribution in [0.5, 0.6) is 0 Å². The molecule has 25 heavy (non-hydrogen) atoms. The molecule has 0 N–H and O–H groups in total. The van der Waals surface area contributed by atoms with Crippen molar-refractivity contribution in [2.75, 3.05) is 19.8 Å². The lowest BCUT2D eigenvalue weighted by Gasteiger charge is -2.29. The van der Waals surface area contributed by atoms with Gasteiger partial charge in [0.05, 0.1) is 0 Å². The number of hydrogen-bond donors (Lipinski definition) is 0. The maximum atomic E-state index is 13.2. The summed E-state index contributed by atoms with van der Waals surface area (Å²) in [5.41, 5.74) is 1.07. The molecule has 0 fully saturated rings. The van der Waals surface area contributed by atoms with Crippen molar-refractivity contribution >= 4 is 8.80 Å². The van der Waals surface area contributed by atoms with E-state index in [2.05, 4.69) is 20.8 Å². The molecule has 0 radical (unpaired) electrons. The molecular weight excluding hydrogens is 335 g/mol. The van der Waals surface area contributed by atoms with Crippen molar-refractivity contribution in [3.05, 3.63) is 35.6 Å². The van der Waals surface area contributed by atoms with Crippen LogP contribution in [0.25, 0.3) is 0 Å². The highest BCUT2D eigenvalue weighted by molar-refractivity contribution is 6.60. The molecule has 0 saturated carbocycles. The van der Waals surface area contributed by atoms with Gasteiger partial charge in [0, 0.05) is 25.9 Å². The average molecular weight is 371 g/mol. The topological polar surface area (TPSA) is 27.7 Å². The van der Waals surface area contributed by atoms with E-state index in [1.807, 2.05) is 6.07 Å². The van der Waals surface area contributed by atoms with Gasteiger partial charge in [0.15, 0.2) is 0 Å². The quantitative estimate of drug-likeness (QED) is 0.290. The van der Waals surface area contributed by atoms with E-state index < -0.39 is 8.80 Å². The van der Waals surface area contributed by atoms with Gasteiger partial charge in [-0.15, -0.1) is 0 Å². The van der Waals surface area contributed by atoms with Crippen molar-refractivity contribution < 1.29 is 17.7 Å². The summed E-state index contributed by atoms with van der Waals surface area (Å²) in [7, 11) is -2.56. The van der Waals surface area contributed by atoms with Gasteiger partial charge in [-0.1, -0.05) is 39.3 Å². The zero-order valence-corrected chi connectivity index (χ0v) is 17.2. The van der Waals surface area contributed by atoms with Crippen molar-refractivity contribution in [1.82, 2.24) is 0 Å². The van der Waals surface area contributed by atoms with Gasteiger partial charge in [-0.25, -0.2) is 4.39 Å². The zero-order valence-electron chi connectivity index (χ0n) is 16.2. The fraction of sp³-hybridized carbons (Fsp3) is 0.700. The summed E-state index contributed by atoms with van der Waals surface area (Å²) in [6.07, 6.45) is 6.97. The van der Waals surface area contributed by atoms with Gasteiger partial charge < -0.3 is 13.3 Å².